The van der Waals surface area contributed by atoms with Gasteiger partial charge in [0.2, 0.25) is 0 Å². The fourth-order valence-corrected chi connectivity index (χ4v) is 3.78. The lowest BCUT2D eigenvalue weighted by molar-refractivity contribution is 1.38. The molecule has 3 aromatic rings. The maximum Gasteiger partial charge on any atom is 0.124 e. The Morgan fingerprint density at radius 2 is 1.84 bits per heavy atom. The van der Waals surface area contributed by atoms with Gasteiger partial charge in [0.05, 0.1) is 9.48 Å². The van der Waals surface area contributed by atoms with Crippen LogP contribution in [0, 0.1) is 0 Å². The first-order valence-corrected chi connectivity index (χ1v) is 8.24. The minimum absolute atomic E-state index is 1.01. The Kier molecular flexibility index (Phi) is 3.92. The lowest BCUT2D eigenvalue weighted by Crippen LogP contribution is -1.75. The molecule has 0 unspecified atom stereocenters. The number of hydrogen-bond donors (Lipinski definition) is 0. The van der Waals surface area contributed by atoms with E-state index >= 15 is 0 Å². The van der Waals surface area contributed by atoms with Gasteiger partial charge in [-0.25, -0.2) is 4.98 Å². The molecule has 0 aliphatic rings. The zero-order valence-electron chi connectivity index (χ0n) is 9.92. The van der Waals surface area contributed by atoms with Crippen molar-refractivity contribution in [2.24, 2.45) is 0 Å². The van der Waals surface area contributed by atoms with E-state index in [9.17, 15) is 0 Å². The van der Waals surface area contributed by atoms with Gasteiger partial charge in [-0.2, -0.15) is 0 Å². The molecule has 0 atom stereocenters. The maximum absolute atomic E-state index is 4.63. The number of nitrogens with zero attached hydrogens (tertiary/aromatic N) is 1. The Morgan fingerprint density at radius 3 is 2.58 bits per heavy atom. The lowest BCUT2D eigenvalue weighted by Gasteiger charge is -1.92. The third-order valence-corrected chi connectivity index (χ3v) is 5.05. The molecule has 0 bridgehead atoms. The minimum Gasteiger partial charge on any atom is -0.237 e. The van der Waals surface area contributed by atoms with Crippen LogP contribution in [-0.4, -0.2) is 4.98 Å². The van der Waals surface area contributed by atoms with Crippen LogP contribution in [0.4, 0.5) is 0 Å². The summed E-state index contributed by atoms with van der Waals surface area (Å²) in [5.41, 5.74) is 2.18. The number of thiophene rings is 1. The highest BCUT2D eigenvalue weighted by Crippen LogP contribution is 2.26. The van der Waals surface area contributed by atoms with Gasteiger partial charge in [-0.3, -0.25) is 0 Å². The van der Waals surface area contributed by atoms with Gasteiger partial charge in [-0.05, 0) is 40.2 Å². The van der Waals surface area contributed by atoms with Crippen LogP contribution >= 0.6 is 38.6 Å². The Balaban J connectivity index is 1.80. The molecule has 0 radical (unpaired) electrons. The van der Waals surface area contributed by atoms with Gasteiger partial charge in [-0.15, -0.1) is 22.7 Å². The fraction of sp³-hybridized carbons (Fsp3) is 0. The summed E-state index contributed by atoms with van der Waals surface area (Å²) in [6.07, 6.45) is 4.15. The van der Waals surface area contributed by atoms with E-state index in [4.69, 9.17) is 0 Å². The van der Waals surface area contributed by atoms with Gasteiger partial charge in [-0.1, -0.05) is 30.3 Å². The molecule has 0 fully saturated rings. The summed E-state index contributed by atoms with van der Waals surface area (Å²) in [5, 5.41) is 3.15. The van der Waals surface area contributed by atoms with Crippen molar-refractivity contribution in [2.45, 2.75) is 0 Å². The highest BCUT2D eigenvalue weighted by molar-refractivity contribution is 9.11. The molecule has 4 heteroatoms. The largest absolute Gasteiger partial charge is 0.237 e. The molecule has 0 spiro atoms. The normalized spacial score (nSPS) is 11.2. The maximum atomic E-state index is 4.63. The predicted octanol–water partition coefficient (Wildman–Crippen LogP) is 5.80. The molecule has 2 aromatic heterocycles. The Bertz CT molecular complexity index is 698. The van der Waals surface area contributed by atoms with Crippen LogP contribution in [0.2, 0.25) is 0 Å². The average Bonchev–Trinajstić information content (AvgIpc) is 3.06. The molecule has 0 aliphatic carbocycles. The zero-order chi connectivity index (χ0) is 13.1. The number of thiazole rings is 1. The van der Waals surface area contributed by atoms with Crippen molar-refractivity contribution in [1.29, 1.82) is 0 Å². The van der Waals surface area contributed by atoms with E-state index in [-0.39, 0.29) is 0 Å². The second-order valence-corrected chi connectivity index (χ2v) is 7.27. The molecule has 0 N–H and O–H groups in total. The second-order valence-electron chi connectivity index (χ2n) is 3.92. The van der Waals surface area contributed by atoms with Crippen LogP contribution in [0.25, 0.3) is 22.7 Å². The van der Waals surface area contributed by atoms with E-state index in [1.165, 1.54) is 10.4 Å². The van der Waals surface area contributed by atoms with E-state index in [1.807, 2.05) is 18.2 Å². The number of aromatic nitrogens is 1. The zero-order valence-corrected chi connectivity index (χ0v) is 13.1. The molecule has 1 nitrogen and oxygen atoms in total. The van der Waals surface area contributed by atoms with Crippen LogP contribution in [-0.2, 0) is 0 Å². The number of hydrogen-bond acceptors (Lipinski definition) is 3. The summed E-state index contributed by atoms with van der Waals surface area (Å²) < 4.78 is 1.15. The van der Waals surface area contributed by atoms with Gasteiger partial charge in [0, 0.05) is 15.8 Å². The van der Waals surface area contributed by atoms with E-state index in [2.05, 4.69) is 62.7 Å². The van der Waals surface area contributed by atoms with Gasteiger partial charge < -0.3 is 0 Å². The third kappa shape index (κ3) is 3.21. The van der Waals surface area contributed by atoms with Crippen LogP contribution in [0.15, 0.2) is 51.6 Å². The minimum atomic E-state index is 1.01. The van der Waals surface area contributed by atoms with E-state index in [0.29, 0.717) is 0 Å². The van der Waals surface area contributed by atoms with Crippen LogP contribution in [0.5, 0.6) is 0 Å². The highest BCUT2D eigenvalue weighted by atomic mass is 79.9. The Morgan fingerprint density at radius 1 is 1.00 bits per heavy atom. The summed E-state index contributed by atoms with van der Waals surface area (Å²) in [7, 11) is 0. The van der Waals surface area contributed by atoms with Gasteiger partial charge >= 0.3 is 0 Å². The summed E-state index contributed by atoms with van der Waals surface area (Å²) in [5.74, 6) is 0. The first-order valence-electron chi connectivity index (χ1n) is 5.75. The first-order chi connectivity index (χ1) is 9.31. The summed E-state index contributed by atoms with van der Waals surface area (Å²) in [6.45, 7) is 0. The summed E-state index contributed by atoms with van der Waals surface area (Å²) in [6, 6.07) is 14.4. The van der Waals surface area contributed by atoms with Gasteiger partial charge in [0.15, 0.2) is 0 Å². The SMILES string of the molecule is Brc1ccc(/C=C/c2csc(-c3ccccc3)n2)s1. The third-order valence-electron chi connectivity index (χ3n) is 2.56. The molecular weight excluding hydrogens is 338 g/mol. The lowest BCUT2D eigenvalue weighted by atomic mass is 10.2. The van der Waals surface area contributed by atoms with Crippen LogP contribution < -0.4 is 0 Å². The van der Waals surface area contributed by atoms with E-state index in [1.54, 1.807) is 22.7 Å². The molecule has 1 aromatic carbocycles. The second kappa shape index (κ2) is 5.82. The highest BCUT2D eigenvalue weighted by Gasteiger charge is 2.02. The fourth-order valence-electron chi connectivity index (χ4n) is 1.66. The Hall–Kier alpha value is -1.23. The topological polar surface area (TPSA) is 12.9 Å². The number of rotatable bonds is 3. The molecule has 3 rings (SSSR count). The van der Waals surface area contributed by atoms with Crippen molar-refractivity contribution in [1.82, 2.24) is 4.98 Å². The van der Waals surface area contributed by atoms with Crippen molar-refractivity contribution in [3.05, 3.63) is 62.2 Å². The number of halogens is 1. The van der Waals surface area contributed by atoms with E-state index in [0.717, 1.165) is 14.5 Å². The molecule has 0 amide bonds. The Labute approximate surface area is 128 Å². The summed E-state index contributed by atoms with van der Waals surface area (Å²) >= 11 is 6.85. The van der Waals surface area contributed by atoms with Gasteiger partial charge in [0.1, 0.15) is 5.01 Å². The quantitative estimate of drug-likeness (QED) is 0.582. The molecular formula is C15H10BrNS2. The van der Waals surface area contributed by atoms with E-state index < -0.39 is 0 Å². The predicted molar refractivity (Wildman–Crippen MR) is 88.5 cm³/mol. The molecule has 19 heavy (non-hydrogen) atoms. The molecule has 94 valence electrons. The summed E-state index contributed by atoms with van der Waals surface area (Å²) in [4.78, 5) is 5.85. The first kappa shape index (κ1) is 12.8. The number of benzene rings is 1. The van der Waals surface area contributed by atoms with Crippen molar-refractivity contribution in [3.8, 4) is 10.6 Å². The van der Waals surface area contributed by atoms with Crippen molar-refractivity contribution in [2.75, 3.05) is 0 Å². The smallest absolute Gasteiger partial charge is 0.124 e. The molecule has 0 aliphatic heterocycles. The standard InChI is InChI=1S/C15H10BrNS2/c16-14-9-8-13(19-14)7-6-12-10-18-15(17-12)11-4-2-1-3-5-11/h1-10H/b7-6+. The molecule has 0 saturated heterocycles. The molecule has 0 saturated carbocycles. The average molecular weight is 348 g/mol. The molecule has 2 heterocycles. The van der Waals surface area contributed by atoms with Crippen LogP contribution in [0.3, 0.4) is 0 Å². The monoisotopic (exact) mass is 347 g/mol. The van der Waals surface area contributed by atoms with Crippen LogP contribution in [0.1, 0.15) is 10.6 Å². The van der Waals surface area contributed by atoms with Gasteiger partial charge in [0.25, 0.3) is 0 Å². The van der Waals surface area contributed by atoms with Crippen molar-refractivity contribution in [3.63, 3.8) is 0 Å². The van der Waals surface area contributed by atoms with Crippen molar-refractivity contribution >= 4 is 50.8 Å². The van der Waals surface area contributed by atoms with Crippen molar-refractivity contribution < 1.29 is 0 Å².